The van der Waals surface area contributed by atoms with E-state index in [1.165, 1.54) is 12.1 Å². The fourth-order valence-electron chi connectivity index (χ4n) is 2.79. The average molecular weight is 299 g/mol. The fraction of sp³-hybridized carbons (Fsp3) is 0.562. The number of halogens is 3. The highest BCUT2D eigenvalue weighted by atomic mass is 19.4. The first-order valence-electron chi connectivity index (χ1n) is 7.31. The molecule has 1 N–H and O–H groups in total. The molecule has 1 fully saturated rings. The number of alkyl halides is 3. The van der Waals surface area contributed by atoms with Gasteiger partial charge < -0.3 is 5.32 Å². The van der Waals surface area contributed by atoms with Crippen LogP contribution in [0, 0.1) is 0 Å². The lowest BCUT2D eigenvalue weighted by Gasteiger charge is -2.18. The lowest BCUT2D eigenvalue weighted by molar-refractivity contribution is -0.138. The standard InChI is InChI=1S/C16H20F3NO/c1-10(2)13-8-7-11(9-14(13)16(17,18)19)15(21)20-12-5-3-4-6-12/h7-10,12H,3-6H2,1-2H3,(H,20,21). The van der Waals surface area contributed by atoms with Crippen molar-refractivity contribution in [2.45, 2.75) is 57.7 Å². The average Bonchev–Trinajstić information content (AvgIpc) is 2.89. The molecule has 0 aromatic heterocycles. The van der Waals surface area contributed by atoms with E-state index in [9.17, 15) is 18.0 Å². The molecule has 0 aliphatic heterocycles. The summed E-state index contributed by atoms with van der Waals surface area (Å²) in [7, 11) is 0. The highest BCUT2D eigenvalue weighted by Crippen LogP contribution is 2.35. The van der Waals surface area contributed by atoms with Crippen LogP contribution in [0.4, 0.5) is 13.2 Å². The molecule has 5 heteroatoms. The van der Waals surface area contributed by atoms with E-state index < -0.39 is 17.6 Å². The summed E-state index contributed by atoms with van der Waals surface area (Å²) in [5, 5.41) is 2.82. The van der Waals surface area contributed by atoms with E-state index in [0.29, 0.717) is 0 Å². The van der Waals surface area contributed by atoms with E-state index in [1.807, 2.05) is 0 Å². The molecule has 1 amide bonds. The quantitative estimate of drug-likeness (QED) is 0.874. The molecule has 2 rings (SSSR count). The van der Waals surface area contributed by atoms with Crippen molar-refractivity contribution >= 4 is 5.91 Å². The Morgan fingerprint density at radius 2 is 1.86 bits per heavy atom. The number of nitrogens with one attached hydrogen (secondary N) is 1. The summed E-state index contributed by atoms with van der Waals surface area (Å²) in [6.07, 6.45) is -0.511. The Kier molecular flexibility index (Phi) is 4.59. The van der Waals surface area contributed by atoms with Crippen molar-refractivity contribution in [2.75, 3.05) is 0 Å². The highest BCUT2D eigenvalue weighted by Gasteiger charge is 2.34. The maximum absolute atomic E-state index is 13.1. The molecule has 116 valence electrons. The Bertz CT molecular complexity index is 517. The molecule has 0 spiro atoms. The van der Waals surface area contributed by atoms with Gasteiger partial charge in [-0.25, -0.2) is 0 Å². The van der Waals surface area contributed by atoms with Crippen molar-refractivity contribution in [3.05, 3.63) is 34.9 Å². The monoisotopic (exact) mass is 299 g/mol. The van der Waals surface area contributed by atoms with Crippen molar-refractivity contribution in [1.82, 2.24) is 5.32 Å². The third-order valence-electron chi connectivity index (χ3n) is 3.93. The normalized spacial score (nSPS) is 16.5. The van der Waals surface area contributed by atoms with Crippen LogP contribution in [0.2, 0.25) is 0 Å². The van der Waals surface area contributed by atoms with E-state index in [-0.39, 0.29) is 23.1 Å². The molecule has 1 aromatic carbocycles. The number of amides is 1. The highest BCUT2D eigenvalue weighted by molar-refractivity contribution is 5.94. The van der Waals surface area contributed by atoms with Gasteiger partial charge in [0.05, 0.1) is 5.56 Å². The van der Waals surface area contributed by atoms with Crippen LogP contribution >= 0.6 is 0 Å². The predicted octanol–water partition coefficient (Wildman–Crippen LogP) is 4.50. The second-order valence-electron chi connectivity index (χ2n) is 5.91. The summed E-state index contributed by atoms with van der Waals surface area (Å²) in [5.41, 5.74) is -0.407. The smallest absolute Gasteiger partial charge is 0.349 e. The molecule has 1 aliphatic carbocycles. The fourth-order valence-corrected chi connectivity index (χ4v) is 2.79. The molecule has 0 atom stereocenters. The maximum Gasteiger partial charge on any atom is 0.416 e. The minimum absolute atomic E-state index is 0.0821. The van der Waals surface area contributed by atoms with Gasteiger partial charge in [0.25, 0.3) is 5.91 Å². The molecule has 21 heavy (non-hydrogen) atoms. The number of hydrogen-bond acceptors (Lipinski definition) is 1. The van der Waals surface area contributed by atoms with Crippen LogP contribution in [0.5, 0.6) is 0 Å². The van der Waals surface area contributed by atoms with Crippen LogP contribution in [0.25, 0.3) is 0 Å². The Labute approximate surface area is 122 Å². The topological polar surface area (TPSA) is 29.1 Å². The van der Waals surface area contributed by atoms with Crippen LogP contribution in [0.15, 0.2) is 18.2 Å². The number of benzene rings is 1. The summed E-state index contributed by atoms with van der Waals surface area (Å²) in [6.45, 7) is 3.42. The molecule has 2 nitrogen and oxygen atoms in total. The van der Waals surface area contributed by atoms with Crippen LogP contribution in [-0.2, 0) is 6.18 Å². The van der Waals surface area contributed by atoms with Gasteiger partial charge in [0, 0.05) is 11.6 Å². The number of carbonyl (C=O) groups is 1. The first kappa shape index (κ1) is 15.9. The zero-order valence-electron chi connectivity index (χ0n) is 12.3. The molecule has 0 heterocycles. The summed E-state index contributed by atoms with van der Waals surface area (Å²) in [6, 6.07) is 3.96. The summed E-state index contributed by atoms with van der Waals surface area (Å²) < 4.78 is 39.4. The summed E-state index contributed by atoms with van der Waals surface area (Å²) in [5.74, 6) is -0.656. The van der Waals surface area contributed by atoms with Gasteiger partial charge in [-0.1, -0.05) is 32.8 Å². The summed E-state index contributed by atoms with van der Waals surface area (Å²) >= 11 is 0. The number of hydrogen-bond donors (Lipinski definition) is 1. The van der Waals surface area contributed by atoms with Crippen molar-refractivity contribution in [2.24, 2.45) is 0 Å². The van der Waals surface area contributed by atoms with Crippen LogP contribution in [0.1, 0.15) is 66.9 Å². The van der Waals surface area contributed by atoms with Gasteiger partial charge in [-0.2, -0.15) is 13.2 Å². The first-order valence-corrected chi connectivity index (χ1v) is 7.31. The minimum Gasteiger partial charge on any atom is -0.349 e. The van der Waals surface area contributed by atoms with Crippen LogP contribution in [0.3, 0.4) is 0 Å². The zero-order valence-corrected chi connectivity index (χ0v) is 12.3. The second-order valence-corrected chi connectivity index (χ2v) is 5.91. The predicted molar refractivity (Wildman–Crippen MR) is 75.3 cm³/mol. The van der Waals surface area contributed by atoms with Gasteiger partial charge in [0.2, 0.25) is 0 Å². The van der Waals surface area contributed by atoms with E-state index in [4.69, 9.17) is 0 Å². The summed E-state index contributed by atoms with van der Waals surface area (Å²) in [4.78, 5) is 12.1. The molecular weight excluding hydrogens is 279 g/mol. The Morgan fingerprint density at radius 3 is 2.38 bits per heavy atom. The van der Waals surface area contributed by atoms with Gasteiger partial charge in [0.1, 0.15) is 0 Å². The van der Waals surface area contributed by atoms with Crippen LogP contribution < -0.4 is 5.32 Å². The van der Waals surface area contributed by atoms with E-state index >= 15 is 0 Å². The van der Waals surface area contributed by atoms with Crippen molar-refractivity contribution in [3.63, 3.8) is 0 Å². The molecule has 0 unspecified atom stereocenters. The van der Waals surface area contributed by atoms with Crippen molar-refractivity contribution in [1.29, 1.82) is 0 Å². The first-order chi connectivity index (χ1) is 9.79. The maximum atomic E-state index is 13.1. The molecular formula is C16H20F3NO. The minimum atomic E-state index is -4.44. The van der Waals surface area contributed by atoms with Gasteiger partial charge in [-0.05, 0) is 36.5 Å². The number of carbonyl (C=O) groups excluding carboxylic acids is 1. The number of rotatable bonds is 3. The van der Waals surface area contributed by atoms with Gasteiger partial charge in [0.15, 0.2) is 0 Å². The zero-order chi connectivity index (χ0) is 15.6. The molecule has 0 bridgehead atoms. The lowest BCUT2D eigenvalue weighted by atomic mass is 9.94. The Balaban J connectivity index is 2.26. The van der Waals surface area contributed by atoms with Gasteiger partial charge >= 0.3 is 6.18 Å². The third-order valence-corrected chi connectivity index (χ3v) is 3.93. The third kappa shape index (κ3) is 3.77. The van der Waals surface area contributed by atoms with Gasteiger partial charge in [-0.15, -0.1) is 0 Å². The largest absolute Gasteiger partial charge is 0.416 e. The SMILES string of the molecule is CC(C)c1ccc(C(=O)NC2CCCC2)cc1C(F)(F)F. The molecule has 1 saturated carbocycles. The molecule has 1 aliphatic rings. The van der Waals surface area contributed by atoms with Crippen molar-refractivity contribution < 1.29 is 18.0 Å². The second kappa shape index (κ2) is 6.08. The molecule has 1 aromatic rings. The van der Waals surface area contributed by atoms with Crippen molar-refractivity contribution in [3.8, 4) is 0 Å². The van der Waals surface area contributed by atoms with Crippen LogP contribution in [-0.4, -0.2) is 11.9 Å². The molecule has 0 radical (unpaired) electrons. The lowest BCUT2D eigenvalue weighted by Crippen LogP contribution is -2.32. The molecule has 0 saturated heterocycles. The van der Waals surface area contributed by atoms with E-state index in [2.05, 4.69) is 5.32 Å². The Morgan fingerprint density at radius 1 is 1.24 bits per heavy atom. The van der Waals surface area contributed by atoms with Gasteiger partial charge in [-0.3, -0.25) is 4.79 Å². The van der Waals surface area contributed by atoms with E-state index in [1.54, 1.807) is 13.8 Å². The Hall–Kier alpha value is -1.52. The van der Waals surface area contributed by atoms with E-state index in [0.717, 1.165) is 31.7 Å².